The number of alkyl halides is 1. The quantitative estimate of drug-likeness (QED) is 0.0206. The maximum atomic E-state index is 11.6. The van der Waals surface area contributed by atoms with Crippen molar-refractivity contribution in [1.82, 2.24) is 0 Å². The highest BCUT2D eigenvalue weighted by Gasteiger charge is 2.55. The van der Waals surface area contributed by atoms with Gasteiger partial charge in [0, 0.05) is 33.9 Å². The van der Waals surface area contributed by atoms with Crippen LogP contribution in [-0.4, -0.2) is 334 Å². The highest BCUT2D eigenvalue weighted by atomic mass is 127. The van der Waals surface area contributed by atoms with E-state index >= 15 is 0 Å². The number of ether oxygens (including phenoxy) is 12. The Morgan fingerprint density at radius 2 is 0.819 bits per heavy atom. The number of hydrogen-bond acceptors (Lipinski definition) is 31. The molecule has 19 N–H and O–H groups in total. The number of aliphatic hydroxyl groups excluding tert-OH is 19. The maximum absolute atomic E-state index is 11.6. The normalized spacial score (nSPS) is 42.2. The fourth-order valence-electron chi connectivity index (χ4n) is 8.49. The standard InChI is InChI=1S/C40H73IO31/c1-11(5-42)29(17(47)23(53)35(59)63-4)69-36(60)24(54)18(48)30(70-38-26(56)19(49)31(61-2)13(6-43)66-38)12(41)10-64-37-25(55)21(51)33(15(8-45)65-37)71-40-28(58)22(52)34(16(9-46)68-40)72-39-27(57)20(50)32(62-3)14(7-44)67-39/h11-40,42-60H,5-10H2,1-4H3. The second-order valence-electron chi connectivity index (χ2n) is 17.6. The van der Waals surface area contributed by atoms with Gasteiger partial charge in [-0.1, -0.05) is 29.5 Å². The molecular formula is C40H73IO31. The number of methoxy groups -OCH3 is 3. The number of rotatable bonds is 27. The van der Waals surface area contributed by atoms with E-state index in [2.05, 4.69) is 4.74 Å². The minimum Gasteiger partial charge on any atom is -0.396 e. The molecule has 32 heteroatoms. The van der Waals surface area contributed by atoms with Gasteiger partial charge in [-0.3, -0.25) is 0 Å². The first kappa shape index (κ1) is 64.0. The fourth-order valence-corrected chi connectivity index (χ4v) is 9.29. The Morgan fingerprint density at radius 3 is 1.24 bits per heavy atom. The summed E-state index contributed by atoms with van der Waals surface area (Å²) in [5, 5.41) is 203. The Kier molecular flexibility index (Phi) is 26.2. The zero-order chi connectivity index (χ0) is 54.0. The highest BCUT2D eigenvalue weighted by Crippen LogP contribution is 2.35. The molecule has 4 fully saturated rings. The van der Waals surface area contributed by atoms with Crippen molar-refractivity contribution < 1.29 is 154 Å². The molecule has 0 aliphatic carbocycles. The van der Waals surface area contributed by atoms with Gasteiger partial charge in [0.15, 0.2) is 37.7 Å². The van der Waals surface area contributed by atoms with Crippen LogP contribution in [0.4, 0.5) is 0 Å². The molecule has 0 aromatic rings. The molecule has 30 atom stereocenters. The lowest BCUT2D eigenvalue weighted by Gasteiger charge is -2.48. The first-order valence-electron chi connectivity index (χ1n) is 22.7. The van der Waals surface area contributed by atoms with Gasteiger partial charge < -0.3 is 154 Å². The zero-order valence-corrected chi connectivity index (χ0v) is 41.5. The van der Waals surface area contributed by atoms with Crippen molar-refractivity contribution in [2.45, 2.75) is 183 Å². The van der Waals surface area contributed by atoms with Crippen LogP contribution in [-0.2, 0) is 56.8 Å². The van der Waals surface area contributed by atoms with Crippen molar-refractivity contribution in [3.63, 3.8) is 0 Å². The molecule has 0 saturated carbocycles. The number of hydrogen-bond donors (Lipinski definition) is 19. The van der Waals surface area contributed by atoms with Crippen LogP contribution in [0.25, 0.3) is 0 Å². The van der Waals surface area contributed by atoms with Crippen molar-refractivity contribution in [2.75, 3.05) is 61.0 Å². The first-order valence-corrected chi connectivity index (χ1v) is 23.9. The first-order chi connectivity index (χ1) is 34.0. The van der Waals surface area contributed by atoms with E-state index in [0.29, 0.717) is 0 Å². The van der Waals surface area contributed by atoms with Crippen LogP contribution in [0.5, 0.6) is 0 Å². The Morgan fingerprint density at radius 1 is 0.458 bits per heavy atom. The van der Waals surface area contributed by atoms with E-state index in [4.69, 9.17) is 52.1 Å². The molecule has 4 saturated heterocycles. The molecule has 0 aromatic heterocycles. The summed E-state index contributed by atoms with van der Waals surface area (Å²) >= 11 is 1.59. The molecule has 426 valence electrons. The average molecular weight is 1180 g/mol. The lowest BCUT2D eigenvalue weighted by atomic mass is 9.95. The second kappa shape index (κ2) is 29.5. The van der Waals surface area contributed by atoms with Crippen LogP contribution < -0.4 is 0 Å². The topological polar surface area (TPSA) is 495 Å². The van der Waals surface area contributed by atoms with E-state index in [1.54, 1.807) is 22.6 Å². The summed E-state index contributed by atoms with van der Waals surface area (Å²) in [6.07, 6.45) is -51.9. The van der Waals surface area contributed by atoms with Gasteiger partial charge in [0.05, 0.1) is 43.1 Å². The van der Waals surface area contributed by atoms with Crippen LogP contribution in [0.1, 0.15) is 6.92 Å². The smallest absolute Gasteiger partial charge is 0.187 e. The molecule has 0 amide bonds. The SMILES string of the molecule is COC(O)C(O)C(O)C(OC(O)C(O)C(O)C(OC1OC(CO)C(OC)C(O)C1O)C(I)COC1OC(CO)C(OC2OC(CO)C(OC3OC(CO)C(OC)C(O)C3O)C(O)C2O)C(O)C1O)C(C)CO. The van der Waals surface area contributed by atoms with Gasteiger partial charge in [0.1, 0.15) is 128 Å². The summed E-state index contributed by atoms with van der Waals surface area (Å²) in [4.78, 5) is 0. The van der Waals surface area contributed by atoms with Crippen molar-refractivity contribution in [1.29, 1.82) is 0 Å². The highest BCUT2D eigenvalue weighted by molar-refractivity contribution is 14.1. The van der Waals surface area contributed by atoms with Crippen molar-refractivity contribution in [3.05, 3.63) is 0 Å². The summed E-state index contributed by atoms with van der Waals surface area (Å²) in [5.41, 5.74) is 0. The molecule has 0 radical (unpaired) electrons. The van der Waals surface area contributed by atoms with Crippen LogP contribution in [0.3, 0.4) is 0 Å². The monoisotopic (exact) mass is 1180 g/mol. The number of halogens is 1. The van der Waals surface area contributed by atoms with E-state index in [1.165, 1.54) is 14.0 Å². The summed E-state index contributed by atoms with van der Waals surface area (Å²) in [5.74, 6) is -1.12. The van der Waals surface area contributed by atoms with E-state index in [0.717, 1.165) is 14.2 Å². The van der Waals surface area contributed by atoms with Crippen molar-refractivity contribution >= 4 is 22.6 Å². The second-order valence-corrected chi connectivity index (χ2v) is 19.2. The Bertz CT molecular complexity index is 1530. The van der Waals surface area contributed by atoms with Gasteiger partial charge in [-0.05, 0) is 0 Å². The van der Waals surface area contributed by atoms with Gasteiger partial charge in [-0.2, -0.15) is 0 Å². The Hall–Kier alpha value is -0.510. The molecule has 30 unspecified atom stereocenters. The van der Waals surface area contributed by atoms with Gasteiger partial charge in [-0.25, -0.2) is 0 Å². The minimum absolute atomic E-state index is 0.696. The third-order valence-electron chi connectivity index (χ3n) is 12.8. The van der Waals surface area contributed by atoms with E-state index < -0.39 is 222 Å². The zero-order valence-electron chi connectivity index (χ0n) is 39.3. The largest absolute Gasteiger partial charge is 0.396 e. The van der Waals surface area contributed by atoms with E-state index in [9.17, 15) is 97.0 Å². The predicted octanol–water partition coefficient (Wildman–Crippen LogP) is -11.5. The molecular weight excluding hydrogens is 1100 g/mol. The van der Waals surface area contributed by atoms with E-state index in [1.807, 2.05) is 0 Å². The van der Waals surface area contributed by atoms with Crippen LogP contribution in [0, 0.1) is 5.92 Å². The third-order valence-corrected chi connectivity index (χ3v) is 13.9. The molecule has 4 heterocycles. The van der Waals surface area contributed by atoms with Crippen LogP contribution >= 0.6 is 22.6 Å². The van der Waals surface area contributed by atoms with Crippen molar-refractivity contribution in [2.24, 2.45) is 5.92 Å². The number of aliphatic hydroxyl groups is 19. The lowest BCUT2D eigenvalue weighted by molar-refractivity contribution is -0.380. The molecule has 0 spiro atoms. The van der Waals surface area contributed by atoms with Gasteiger partial charge in [-0.15, -0.1) is 0 Å². The van der Waals surface area contributed by atoms with Crippen molar-refractivity contribution in [3.8, 4) is 0 Å². The summed E-state index contributed by atoms with van der Waals surface area (Å²) in [7, 11) is 3.34. The molecule has 0 aromatic carbocycles. The third kappa shape index (κ3) is 14.8. The maximum Gasteiger partial charge on any atom is 0.187 e. The fraction of sp³-hybridized carbons (Fsp3) is 1.00. The molecule has 31 nitrogen and oxygen atoms in total. The molecule has 4 aliphatic rings. The minimum atomic E-state index is -2.50. The summed E-state index contributed by atoms with van der Waals surface area (Å²) < 4.78 is 64.2. The summed E-state index contributed by atoms with van der Waals surface area (Å²) in [6.45, 7) is -3.56. The van der Waals surface area contributed by atoms with Crippen LogP contribution in [0.2, 0.25) is 0 Å². The lowest BCUT2D eigenvalue weighted by Crippen LogP contribution is -2.66. The van der Waals surface area contributed by atoms with Crippen LogP contribution in [0.15, 0.2) is 0 Å². The van der Waals surface area contributed by atoms with Gasteiger partial charge in [0.25, 0.3) is 0 Å². The summed E-state index contributed by atoms with van der Waals surface area (Å²) in [6, 6.07) is 0. The average Bonchev–Trinajstić information content (AvgIpc) is 3.38. The van der Waals surface area contributed by atoms with E-state index in [-0.39, 0.29) is 0 Å². The van der Waals surface area contributed by atoms with Gasteiger partial charge >= 0.3 is 0 Å². The van der Waals surface area contributed by atoms with Gasteiger partial charge in [0.2, 0.25) is 0 Å². The molecule has 72 heavy (non-hydrogen) atoms. The molecule has 0 bridgehead atoms. The Labute approximate surface area is 425 Å². The predicted molar refractivity (Wildman–Crippen MR) is 235 cm³/mol. The molecule has 4 rings (SSSR count). The molecule has 4 aliphatic heterocycles. The Balaban J connectivity index is 1.50.